The second-order valence-electron chi connectivity index (χ2n) is 8.60. The SMILES string of the molecule is CCCCCc1nnc(N2CCN(S(=O)(=O)C3(C(=O)NO)CCN(CCOC)CC3)CC2)s1.Cl. The van der Waals surface area contributed by atoms with Gasteiger partial charge in [-0.1, -0.05) is 31.1 Å². The van der Waals surface area contributed by atoms with Gasteiger partial charge in [0.1, 0.15) is 5.01 Å². The molecular formula is C20H37ClN6O5S2. The van der Waals surface area contributed by atoms with Gasteiger partial charge in [0.25, 0.3) is 5.91 Å². The van der Waals surface area contributed by atoms with Gasteiger partial charge in [0.15, 0.2) is 4.75 Å². The Labute approximate surface area is 212 Å². The highest BCUT2D eigenvalue weighted by molar-refractivity contribution is 7.91. The summed E-state index contributed by atoms with van der Waals surface area (Å²) in [5.41, 5.74) is 1.62. The van der Waals surface area contributed by atoms with Gasteiger partial charge in [-0.2, -0.15) is 4.31 Å². The van der Waals surface area contributed by atoms with Crippen molar-refractivity contribution in [3.05, 3.63) is 5.01 Å². The molecule has 0 radical (unpaired) electrons. The van der Waals surface area contributed by atoms with Crippen molar-refractivity contribution in [3.63, 3.8) is 0 Å². The van der Waals surface area contributed by atoms with Crippen LogP contribution >= 0.6 is 23.7 Å². The number of carbonyl (C=O) groups excluding carboxylic acids is 1. The van der Waals surface area contributed by atoms with Crippen molar-refractivity contribution in [1.82, 2.24) is 24.9 Å². The molecule has 196 valence electrons. The monoisotopic (exact) mass is 540 g/mol. The largest absolute Gasteiger partial charge is 0.383 e. The number of likely N-dealkylation sites (tertiary alicyclic amines) is 1. The number of nitrogens with zero attached hydrogens (tertiary/aromatic N) is 5. The van der Waals surface area contributed by atoms with Gasteiger partial charge in [-0.05, 0) is 19.3 Å². The fraction of sp³-hybridized carbons (Fsp3) is 0.850. The molecular weight excluding hydrogens is 504 g/mol. The Kier molecular flexibility index (Phi) is 11.4. The molecule has 2 saturated heterocycles. The molecule has 3 heterocycles. The highest BCUT2D eigenvalue weighted by Crippen LogP contribution is 2.35. The molecule has 3 rings (SSSR count). The maximum Gasteiger partial charge on any atom is 0.266 e. The van der Waals surface area contributed by atoms with Gasteiger partial charge in [0.05, 0.1) is 6.61 Å². The number of rotatable bonds is 11. The molecule has 34 heavy (non-hydrogen) atoms. The van der Waals surface area contributed by atoms with Crippen LogP contribution in [0.5, 0.6) is 0 Å². The number of ether oxygens (including phenoxy) is 1. The first kappa shape index (κ1) is 29.1. The number of amides is 1. The van der Waals surface area contributed by atoms with Gasteiger partial charge in [-0.15, -0.1) is 22.6 Å². The van der Waals surface area contributed by atoms with Crippen molar-refractivity contribution < 1.29 is 23.2 Å². The van der Waals surface area contributed by atoms with Gasteiger partial charge in [-0.25, -0.2) is 13.9 Å². The number of hydroxylamine groups is 1. The number of halogens is 1. The summed E-state index contributed by atoms with van der Waals surface area (Å²) in [7, 11) is -2.36. The molecule has 0 unspecified atom stereocenters. The van der Waals surface area contributed by atoms with Gasteiger partial charge >= 0.3 is 0 Å². The summed E-state index contributed by atoms with van der Waals surface area (Å²) >= 11 is 1.56. The van der Waals surface area contributed by atoms with E-state index in [4.69, 9.17) is 4.74 Å². The van der Waals surface area contributed by atoms with Gasteiger partial charge in [0, 0.05) is 59.3 Å². The fourth-order valence-corrected chi connectivity index (χ4v) is 7.48. The Bertz CT molecular complexity index is 871. The van der Waals surface area contributed by atoms with E-state index in [1.807, 2.05) is 0 Å². The number of hydrogen-bond acceptors (Lipinski definition) is 10. The van der Waals surface area contributed by atoms with Gasteiger partial charge < -0.3 is 14.5 Å². The van der Waals surface area contributed by atoms with Crippen LogP contribution in [-0.4, -0.2) is 103 Å². The lowest BCUT2D eigenvalue weighted by Gasteiger charge is -2.43. The van der Waals surface area contributed by atoms with Crippen LogP contribution in [0.2, 0.25) is 0 Å². The van der Waals surface area contributed by atoms with Crippen molar-refractivity contribution in [2.75, 3.05) is 64.4 Å². The van der Waals surface area contributed by atoms with Crippen molar-refractivity contribution >= 4 is 44.8 Å². The minimum Gasteiger partial charge on any atom is -0.383 e. The summed E-state index contributed by atoms with van der Waals surface area (Å²) in [5.74, 6) is -0.850. The van der Waals surface area contributed by atoms with Gasteiger partial charge in [-0.3, -0.25) is 10.0 Å². The Balaban J connectivity index is 0.00000408. The van der Waals surface area contributed by atoms with Crippen molar-refractivity contribution in [3.8, 4) is 0 Å². The first-order valence-corrected chi connectivity index (χ1v) is 13.9. The zero-order chi connectivity index (χ0) is 23.9. The predicted molar refractivity (Wildman–Crippen MR) is 133 cm³/mol. The van der Waals surface area contributed by atoms with E-state index < -0.39 is 20.7 Å². The van der Waals surface area contributed by atoms with E-state index in [1.54, 1.807) is 23.9 Å². The van der Waals surface area contributed by atoms with Crippen LogP contribution in [0.25, 0.3) is 0 Å². The second kappa shape index (κ2) is 13.3. The normalized spacial score (nSPS) is 19.6. The van der Waals surface area contributed by atoms with Crippen LogP contribution in [0.1, 0.15) is 44.0 Å². The summed E-state index contributed by atoms with van der Waals surface area (Å²) in [5, 5.41) is 19.7. The van der Waals surface area contributed by atoms with Crippen molar-refractivity contribution in [1.29, 1.82) is 0 Å². The van der Waals surface area contributed by atoms with E-state index in [9.17, 15) is 18.4 Å². The molecule has 2 fully saturated rings. The number of hydrogen-bond donors (Lipinski definition) is 2. The lowest BCUT2D eigenvalue weighted by Crippen LogP contribution is -2.63. The van der Waals surface area contributed by atoms with Crippen LogP contribution in [0.15, 0.2) is 0 Å². The quantitative estimate of drug-likeness (QED) is 0.241. The Morgan fingerprint density at radius 1 is 1.15 bits per heavy atom. The average Bonchev–Trinajstić information content (AvgIpc) is 3.31. The van der Waals surface area contributed by atoms with E-state index in [2.05, 4.69) is 26.9 Å². The Hall–Kier alpha value is -1.09. The maximum absolute atomic E-state index is 13.6. The third-order valence-electron chi connectivity index (χ3n) is 6.58. The van der Waals surface area contributed by atoms with E-state index >= 15 is 0 Å². The number of aromatic nitrogens is 2. The summed E-state index contributed by atoms with van der Waals surface area (Å²) in [4.78, 5) is 16.8. The molecule has 1 amide bonds. The number of sulfonamides is 1. The lowest BCUT2D eigenvalue weighted by atomic mass is 9.95. The zero-order valence-corrected chi connectivity index (χ0v) is 22.4. The fourth-order valence-electron chi connectivity index (χ4n) is 4.43. The smallest absolute Gasteiger partial charge is 0.266 e. The molecule has 1 aromatic rings. The van der Waals surface area contributed by atoms with E-state index in [0.717, 1.165) is 29.4 Å². The van der Waals surface area contributed by atoms with E-state index in [-0.39, 0.29) is 38.3 Å². The van der Waals surface area contributed by atoms with Crippen LogP contribution in [0, 0.1) is 0 Å². The predicted octanol–water partition coefficient (Wildman–Crippen LogP) is 1.13. The number of carbonyl (C=O) groups is 1. The summed E-state index contributed by atoms with van der Waals surface area (Å²) in [6, 6.07) is 0. The molecule has 11 nitrogen and oxygen atoms in total. The Morgan fingerprint density at radius 2 is 1.82 bits per heavy atom. The maximum atomic E-state index is 13.6. The minimum atomic E-state index is -3.97. The third-order valence-corrected chi connectivity index (χ3v) is 10.3. The van der Waals surface area contributed by atoms with Crippen molar-refractivity contribution in [2.24, 2.45) is 0 Å². The molecule has 0 saturated carbocycles. The minimum absolute atomic E-state index is 0. The molecule has 0 aromatic carbocycles. The third kappa shape index (κ3) is 6.37. The molecule has 2 aliphatic heterocycles. The molecule has 0 spiro atoms. The molecule has 2 aliphatic rings. The van der Waals surface area contributed by atoms with Gasteiger partial charge in [0.2, 0.25) is 15.2 Å². The standard InChI is InChI=1S/C20H36N6O5S2.ClH/c1-3-4-5-6-17-21-22-19(32-17)25-11-13-26(14-12-25)33(29,30)20(18(27)23-28)7-9-24(10-8-20)15-16-31-2;/h28H,3-16H2,1-2H3,(H,23,27);1H. The second-order valence-corrected chi connectivity index (χ2v) is 11.9. The molecule has 1 aromatic heterocycles. The molecule has 14 heteroatoms. The number of piperidine rings is 1. The van der Waals surface area contributed by atoms with E-state index in [1.165, 1.54) is 10.7 Å². The molecule has 0 aliphatic carbocycles. The number of nitrogens with one attached hydrogen (secondary N) is 1. The first-order chi connectivity index (χ1) is 15.9. The highest BCUT2D eigenvalue weighted by Gasteiger charge is 2.55. The van der Waals surface area contributed by atoms with Crippen LogP contribution < -0.4 is 10.4 Å². The topological polar surface area (TPSA) is 128 Å². The molecule has 0 bridgehead atoms. The summed E-state index contributed by atoms with van der Waals surface area (Å²) in [6.07, 6.45) is 4.59. The molecule has 2 N–H and O–H groups in total. The molecule has 0 atom stereocenters. The van der Waals surface area contributed by atoms with Crippen LogP contribution in [-0.2, 0) is 26.0 Å². The number of aryl methyl sites for hydroxylation is 1. The van der Waals surface area contributed by atoms with E-state index in [0.29, 0.717) is 39.3 Å². The zero-order valence-electron chi connectivity index (χ0n) is 19.9. The number of unbranched alkanes of at least 4 members (excludes halogenated alkanes) is 2. The lowest BCUT2D eigenvalue weighted by molar-refractivity contribution is -0.133. The van der Waals surface area contributed by atoms with Crippen LogP contribution in [0.4, 0.5) is 5.13 Å². The summed E-state index contributed by atoms with van der Waals surface area (Å²) in [6.45, 7) is 5.77. The highest BCUT2D eigenvalue weighted by atomic mass is 35.5. The number of anilines is 1. The Morgan fingerprint density at radius 3 is 2.41 bits per heavy atom. The number of piperazine rings is 1. The number of methoxy groups -OCH3 is 1. The van der Waals surface area contributed by atoms with Crippen LogP contribution in [0.3, 0.4) is 0 Å². The first-order valence-electron chi connectivity index (χ1n) is 11.6. The summed E-state index contributed by atoms with van der Waals surface area (Å²) < 4.78 is 32.1. The average molecular weight is 541 g/mol. The van der Waals surface area contributed by atoms with Crippen molar-refractivity contribution in [2.45, 2.75) is 50.2 Å².